The van der Waals surface area contributed by atoms with Crippen LogP contribution in [0.1, 0.15) is 62.3 Å². The van der Waals surface area contributed by atoms with E-state index in [4.69, 9.17) is 0 Å². The number of carbonyl (C=O) groups is 2. The Hall–Kier alpha value is -1.10. The Labute approximate surface area is 117 Å². The van der Waals surface area contributed by atoms with E-state index < -0.39 is 0 Å². The van der Waals surface area contributed by atoms with Gasteiger partial charge in [-0.1, -0.05) is 27.7 Å². The van der Waals surface area contributed by atoms with E-state index in [2.05, 4.69) is 43.9 Å². The first kappa shape index (κ1) is 20.2. The van der Waals surface area contributed by atoms with Crippen molar-refractivity contribution < 1.29 is 9.59 Å². The summed E-state index contributed by atoms with van der Waals surface area (Å²) < 4.78 is 0. The zero-order valence-corrected chi connectivity index (χ0v) is 13.9. The Morgan fingerprint density at radius 2 is 1.26 bits per heavy atom. The van der Waals surface area contributed by atoms with Crippen LogP contribution in [0.25, 0.3) is 0 Å². The predicted octanol–water partition coefficient (Wildman–Crippen LogP) is 1.98. The molecule has 0 rings (SSSR count). The second kappa shape index (κ2) is 8.15. The van der Waals surface area contributed by atoms with Crippen molar-refractivity contribution in [3.63, 3.8) is 0 Å². The van der Waals surface area contributed by atoms with Gasteiger partial charge in [0.05, 0.1) is 6.04 Å². The molecule has 3 N–H and O–H groups in total. The third kappa shape index (κ3) is 22.5. The van der Waals surface area contributed by atoms with Crippen LogP contribution >= 0.6 is 0 Å². The van der Waals surface area contributed by atoms with Crippen LogP contribution in [0.5, 0.6) is 0 Å². The van der Waals surface area contributed by atoms with Gasteiger partial charge in [0.25, 0.3) is 5.91 Å². The molecule has 0 aromatic carbocycles. The van der Waals surface area contributed by atoms with Gasteiger partial charge in [-0.05, 0) is 33.1 Å². The molecule has 1 atom stereocenters. The van der Waals surface area contributed by atoms with Gasteiger partial charge < -0.3 is 5.32 Å². The highest BCUT2D eigenvalue weighted by atomic mass is 16.2. The minimum Gasteiger partial charge on any atom is -0.301 e. The number of nitrogens with one attached hydrogen (secondary N) is 3. The highest BCUT2D eigenvalue weighted by Crippen LogP contribution is 2.08. The minimum atomic E-state index is -0.346. The lowest BCUT2D eigenvalue weighted by atomic mass is 10.0. The number of carbonyl (C=O) groups excluding carboxylic acids is 2. The molecule has 5 heteroatoms. The fraction of sp³-hybridized carbons (Fsp3) is 0.857. The Kier molecular flexibility index (Phi) is 8.67. The summed E-state index contributed by atoms with van der Waals surface area (Å²) >= 11 is 0. The van der Waals surface area contributed by atoms with Crippen LogP contribution in [0.3, 0.4) is 0 Å². The average molecular weight is 273 g/mol. The van der Waals surface area contributed by atoms with Crippen molar-refractivity contribution in [1.29, 1.82) is 0 Å². The Morgan fingerprint density at radius 1 is 0.895 bits per heavy atom. The van der Waals surface area contributed by atoms with Gasteiger partial charge in [-0.25, -0.2) is 0 Å². The van der Waals surface area contributed by atoms with Gasteiger partial charge in [0.2, 0.25) is 5.91 Å². The Balaban J connectivity index is 0. The van der Waals surface area contributed by atoms with Crippen LogP contribution in [0.2, 0.25) is 0 Å². The van der Waals surface area contributed by atoms with E-state index in [9.17, 15) is 9.59 Å². The van der Waals surface area contributed by atoms with Crippen molar-refractivity contribution >= 4 is 11.8 Å². The van der Waals surface area contributed by atoms with Gasteiger partial charge in [-0.15, -0.1) is 0 Å². The summed E-state index contributed by atoms with van der Waals surface area (Å²) in [6, 6.07) is -0.346. The molecule has 2 amide bonds. The van der Waals surface area contributed by atoms with Crippen LogP contribution in [0, 0.1) is 5.41 Å². The lowest BCUT2D eigenvalue weighted by Crippen LogP contribution is -2.53. The fourth-order valence-electron chi connectivity index (χ4n) is 0.973. The quantitative estimate of drug-likeness (QED) is 0.674. The van der Waals surface area contributed by atoms with Crippen molar-refractivity contribution in [1.82, 2.24) is 16.2 Å². The van der Waals surface area contributed by atoms with Crippen molar-refractivity contribution in [2.75, 3.05) is 0 Å². The zero-order valence-electron chi connectivity index (χ0n) is 13.9. The summed E-state index contributed by atoms with van der Waals surface area (Å²) in [6.45, 7) is 17.7. The lowest BCUT2D eigenvalue weighted by Gasteiger charge is -2.25. The summed E-state index contributed by atoms with van der Waals surface area (Å²) in [4.78, 5) is 21.8. The topological polar surface area (TPSA) is 70.2 Å². The van der Waals surface area contributed by atoms with Crippen LogP contribution in [-0.4, -0.2) is 23.4 Å². The van der Waals surface area contributed by atoms with Gasteiger partial charge in [0.1, 0.15) is 0 Å². The lowest BCUT2D eigenvalue weighted by molar-refractivity contribution is -0.129. The van der Waals surface area contributed by atoms with E-state index in [0.717, 1.165) is 0 Å². The number of amides is 2. The number of hydrazine groups is 1. The fourth-order valence-corrected chi connectivity index (χ4v) is 0.973. The summed E-state index contributed by atoms with van der Waals surface area (Å²) in [5.41, 5.74) is 4.90. The maximum atomic E-state index is 11.3. The molecule has 0 saturated heterocycles. The van der Waals surface area contributed by atoms with E-state index in [1.165, 1.54) is 6.92 Å². The van der Waals surface area contributed by atoms with E-state index >= 15 is 0 Å². The van der Waals surface area contributed by atoms with Gasteiger partial charge in [-0.3, -0.25) is 20.4 Å². The molecule has 114 valence electrons. The second-order valence-corrected chi connectivity index (χ2v) is 7.29. The standard InChI is InChI=1S/C9H19N3O2.C5H12/c1-6(10-9(3,4)5)8(14)12-11-7(2)13;1-5(2,3)4/h6,10H,1-5H3,(H,11,13)(H,12,14);1-4H3. The van der Waals surface area contributed by atoms with Gasteiger partial charge >= 0.3 is 0 Å². The SMILES string of the molecule is CC(=O)NNC(=O)C(C)NC(C)(C)C.CC(C)(C)C. The molecule has 0 fully saturated rings. The van der Waals surface area contributed by atoms with Crippen molar-refractivity contribution in [3.8, 4) is 0 Å². The van der Waals surface area contributed by atoms with E-state index in [0.29, 0.717) is 5.41 Å². The largest absolute Gasteiger partial charge is 0.301 e. The molecular weight excluding hydrogens is 242 g/mol. The molecule has 5 nitrogen and oxygen atoms in total. The maximum Gasteiger partial charge on any atom is 0.255 e. The molecular formula is C14H31N3O2. The molecule has 19 heavy (non-hydrogen) atoms. The second-order valence-electron chi connectivity index (χ2n) is 7.29. The van der Waals surface area contributed by atoms with Crippen molar-refractivity contribution in [2.24, 2.45) is 5.41 Å². The van der Waals surface area contributed by atoms with E-state index in [1.54, 1.807) is 6.92 Å². The molecule has 0 aliphatic rings. The predicted molar refractivity (Wildman–Crippen MR) is 79.4 cm³/mol. The third-order valence-electron chi connectivity index (χ3n) is 1.40. The van der Waals surface area contributed by atoms with E-state index in [-0.39, 0.29) is 23.4 Å². The van der Waals surface area contributed by atoms with Crippen LogP contribution in [0.15, 0.2) is 0 Å². The van der Waals surface area contributed by atoms with Crippen LogP contribution < -0.4 is 16.2 Å². The molecule has 0 spiro atoms. The number of rotatable bonds is 2. The molecule has 0 aromatic rings. The van der Waals surface area contributed by atoms with Crippen LogP contribution in [-0.2, 0) is 9.59 Å². The van der Waals surface area contributed by atoms with Crippen molar-refractivity contribution in [2.45, 2.75) is 73.9 Å². The monoisotopic (exact) mass is 273 g/mol. The molecule has 0 aliphatic heterocycles. The zero-order chi connectivity index (χ0) is 15.9. The summed E-state index contributed by atoms with van der Waals surface area (Å²) in [5, 5.41) is 3.08. The first-order chi connectivity index (χ1) is 8.22. The maximum absolute atomic E-state index is 11.3. The first-order valence-electron chi connectivity index (χ1n) is 6.56. The molecule has 0 aliphatic carbocycles. The molecule has 0 saturated carbocycles. The highest BCUT2D eigenvalue weighted by Gasteiger charge is 2.19. The molecule has 0 aromatic heterocycles. The summed E-state index contributed by atoms with van der Waals surface area (Å²) in [6.07, 6.45) is 0. The Morgan fingerprint density at radius 3 is 1.53 bits per heavy atom. The third-order valence-corrected chi connectivity index (χ3v) is 1.40. The van der Waals surface area contributed by atoms with Gasteiger partial charge in [0, 0.05) is 12.5 Å². The summed E-state index contributed by atoms with van der Waals surface area (Å²) in [5.74, 6) is -0.545. The highest BCUT2D eigenvalue weighted by molar-refractivity contribution is 5.84. The molecule has 0 heterocycles. The number of hydrogen-bond acceptors (Lipinski definition) is 3. The average Bonchev–Trinajstić information content (AvgIpc) is 2.08. The normalized spacial score (nSPS) is 12.9. The number of hydrogen-bond donors (Lipinski definition) is 3. The van der Waals surface area contributed by atoms with Crippen molar-refractivity contribution in [3.05, 3.63) is 0 Å². The van der Waals surface area contributed by atoms with E-state index in [1.807, 2.05) is 20.8 Å². The van der Waals surface area contributed by atoms with Crippen LogP contribution in [0.4, 0.5) is 0 Å². The first-order valence-corrected chi connectivity index (χ1v) is 6.56. The molecule has 0 bridgehead atoms. The summed E-state index contributed by atoms with van der Waals surface area (Å²) in [7, 11) is 0. The Bertz CT molecular complexity index is 282. The van der Waals surface area contributed by atoms with Gasteiger partial charge in [0.15, 0.2) is 0 Å². The molecule has 1 unspecified atom stereocenters. The van der Waals surface area contributed by atoms with Gasteiger partial charge in [-0.2, -0.15) is 0 Å². The minimum absolute atomic E-state index is 0.132. The molecule has 0 radical (unpaired) electrons. The smallest absolute Gasteiger partial charge is 0.255 e.